The molecule has 1 N–H and O–H groups in total. The Morgan fingerprint density at radius 3 is 2.84 bits per heavy atom. The van der Waals surface area contributed by atoms with Gasteiger partial charge in [0.2, 0.25) is 0 Å². The summed E-state index contributed by atoms with van der Waals surface area (Å²) in [6, 6.07) is 2.54. The largest absolute Gasteiger partial charge is 0.388 e. The molecule has 0 bridgehead atoms. The van der Waals surface area contributed by atoms with E-state index in [9.17, 15) is 5.11 Å². The molecule has 1 heterocycles. The first-order valence-corrected chi connectivity index (χ1v) is 7.52. The van der Waals surface area contributed by atoms with Gasteiger partial charge < -0.3 is 14.4 Å². The second-order valence-electron chi connectivity index (χ2n) is 5.94. The zero-order valence-electron chi connectivity index (χ0n) is 12.6. The van der Waals surface area contributed by atoms with Crippen LogP contribution in [0.1, 0.15) is 62.7 Å². The minimum Gasteiger partial charge on any atom is -0.388 e. The maximum atomic E-state index is 10.2. The van der Waals surface area contributed by atoms with Crippen LogP contribution in [0.5, 0.6) is 0 Å². The van der Waals surface area contributed by atoms with Crippen molar-refractivity contribution in [3.8, 4) is 0 Å². The number of nitrogens with zero attached hydrogens (tertiary/aromatic N) is 1. The summed E-state index contributed by atoms with van der Waals surface area (Å²) in [6.45, 7) is 10.2. The summed E-state index contributed by atoms with van der Waals surface area (Å²) in [5, 5.41) is 10.2. The fourth-order valence-electron chi connectivity index (χ4n) is 3.17. The molecule has 1 aliphatic rings. The fraction of sp³-hybridized carbons (Fsp3) is 0.750. The molecule has 3 nitrogen and oxygen atoms in total. The Kier molecular flexibility index (Phi) is 4.69. The first kappa shape index (κ1) is 14.6. The molecule has 0 amide bonds. The summed E-state index contributed by atoms with van der Waals surface area (Å²) in [5.41, 5.74) is 3.73. The van der Waals surface area contributed by atoms with Gasteiger partial charge in [0, 0.05) is 23.6 Å². The van der Waals surface area contributed by atoms with Gasteiger partial charge in [0.25, 0.3) is 0 Å². The molecule has 0 saturated carbocycles. The number of aliphatic hydroxyl groups is 1. The zero-order valence-corrected chi connectivity index (χ0v) is 12.6. The predicted molar refractivity (Wildman–Crippen MR) is 77.4 cm³/mol. The Hall–Kier alpha value is -0.800. The Morgan fingerprint density at radius 1 is 1.47 bits per heavy atom. The van der Waals surface area contributed by atoms with Gasteiger partial charge in [0.15, 0.2) is 0 Å². The molecule has 0 saturated heterocycles. The molecule has 108 valence electrons. The molecule has 2 atom stereocenters. The van der Waals surface area contributed by atoms with Crippen LogP contribution in [0.25, 0.3) is 0 Å². The number of fused-ring (bicyclic) bond motifs is 1. The van der Waals surface area contributed by atoms with Crippen LogP contribution in [0.3, 0.4) is 0 Å². The highest BCUT2D eigenvalue weighted by atomic mass is 16.5. The van der Waals surface area contributed by atoms with Crippen LogP contribution in [0.2, 0.25) is 0 Å². The molecule has 0 spiro atoms. The Balaban J connectivity index is 2.36. The van der Waals surface area contributed by atoms with E-state index in [0.29, 0.717) is 12.0 Å². The van der Waals surface area contributed by atoms with Crippen molar-refractivity contribution in [1.82, 2.24) is 4.57 Å². The topological polar surface area (TPSA) is 34.4 Å². The Bertz CT molecular complexity index is 423. The quantitative estimate of drug-likeness (QED) is 0.885. The van der Waals surface area contributed by atoms with Crippen LogP contribution in [0, 0.1) is 12.8 Å². The fourth-order valence-corrected chi connectivity index (χ4v) is 3.17. The van der Waals surface area contributed by atoms with Crippen molar-refractivity contribution in [2.75, 3.05) is 13.2 Å². The number of hydrogen-bond donors (Lipinski definition) is 1. The lowest BCUT2D eigenvalue weighted by Gasteiger charge is -2.29. The number of hydrogen-bond acceptors (Lipinski definition) is 2. The predicted octanol–water partition coefficient (Wildman–Crippen LogP) is 3.40. The maximum Gasteiger partial charge on any atom is 0.0807 e. The minimum absolute atomic E-state index is 0.274. The van der Waals surface area contributed by atoms with Crippen LogP contribution in [0.15, 0.2) is 6.07 Å². The van der Waals surface area contributed by atoms with E-state index in [2.05, 4.69) is 31.4 Å². The van der Waals surface area contributed by atoms with Gasteiger partial charge in [-0.05, 0) is 45.1 Å². The lowest BCUT2D eigenvalue weighted by atomic mass is 9.94. The van der Waals surface area contributed by atoms with E-state index in [1.807, 2.05) is 6.92 Å². The Morgan fingerprint density at radius 2 is 2.21 bits per heavy atom. The molecule has 19 heavy (non-hydrogen) atoms. The molecule has 3 heteroatoms. The standard InChI is InChI=1S/C16H27NO2/c1-5-19-10-15(11(2)3)17-12(4)9-13-14(17)7-6-8-16(13)18/h9,11,15-16,18H,5-8,10H2,1-4H3. The Labute approximate surface area is 116 Å². The highest BCUT2D eigenvalue weighted by molar-refractivity contribution is 5.32. The van der Waals surface area contributed by atoms with E-state index >= 15 is 0 Å². The summed E-state index contributed by atoms with van der Waals surface area (Å²) >= 11 is 0. The molecule has 0 aliphatic heterocycles. The second-order valence-corrected chi connectivity index (χ2v) is 5.94. The summed E-state index contributed by atoms with van der Waals surface area (Å²) in [7, 11) is 0. The van der Waals surface area contributed by atoms with E-state index in [0.717, 1.165) is 38.0 Å². The highest BCUT2D eigenvalue weighted by Crippen LogP contribution is 2.35. The second kappa shape index (κ2) is 6.10. The van der Waals surface area contributed by atoms with Gasteiger partial charge in [-0.2, -0.15) is 0 Å². The van der Waals surface area contributed by atoms with Crippen molar-refractivity contribution in [3.05, 3.63) is 23.0 Å². The van der Waals surface area contributed by atoms with Gasteiger partial charge in [-0.3, -0.25) is 0 Å². The highest BCUT2D eigenvalue weighted by Gasteiger charge is 2.27. The summed E-state index contributed by atoms with van der Waals surface area (Å²) < 4.78 is 8.08. The van der Waals surface area contributed by atoms with E-state index in [1.54, 1.807) is 0 Å². The van der Waals surface area contributed by atoms with Crippen molar-refractivity contribution in [3.63, 3.8) is 0 Å². The van der Waals surface area contributed by atoms with Crippen molar-refractivity contribution in [1.29, 1.82) is 0 Å². The first-order chi connectivity index (χ1) is 9.06. The molecule has 0 aromatic carbocycles. The molecule has 0 radical (unpaired) electrons. The van der Waals surface area contributed by atoms with Crippen LogP contribution in [-0.2, 0) is 11.2 Å². The van der Waals surface area contributed by atoms with Crippen molar-refractivity contribution >= 4 is 0 Å². The zero-order chi connectivity index (χ0) is 14.0. The smallest absolute Gasteiger partial charge is 0.0807 e. The van der Waals surface area contributed by atoms with Crippen molar-refractivity contribution < 1.29 is 9.84 Å². The van der Waals surface area contributed by atoms with Gasteiger partial charge in [-0.15, -0.1) is 0 Å². The van der Waals surface area contributed by atoms with Gasteiger partial charge in [0.1, 0.15) is 0 Å². The maximum absolute atomic E-state index is 10.2. The third-order valence-corrected chi connectivity index (χ3v) is 4.21. The van der Waals surface area contributed by atoms with Gasteiger partial charge >= 0.3 is 0 Å². The van der Waals surface area contributed by atoms with Crippen LogP contribution >= 0.6 is 0 Å². The molecule has 1 aromatic rings. The van der Waals surface area contributed by atoms with Gasteiger partial charge in [-0.1, -0.05) is 13.8 Å². The SMILES string of the molecule is CCOCC(C(C)C)n1c(C)cc2c1CCCC2O. The molecular formula is C16H27NO2. The summed E-state index contributed by atoms with van der Waals surface area (Å²) in [6.07, 6.45) is 2.78. The monoisotopic (exact) mass is 265 g/mol. The van der Waals surface area contributed by atoms with Crippen molar-refractivity contribution in [2.24, 2.45) is 5.92 Å². The van der Waals surface area contributed by atoms with Gasteiger partial charge in [0.05, 0.1) is 18.8 Å². The number of ether oxygens (including phenoxy) is 1. The molecule has 1 aliphatic carbocycles. The van der Waals surface area contributed by atoms with E-state index in [4.69, 9.17) is 4.74 Å². The summed E-state index contributed by atoms with van der Waals surface area (Å²) in [4.78, 5) is 0. The van der Waals surface area contributed by atoms with Crippen LogP contribution < -0.4 is 0 Å². The number of aryl methyl sites for hydroxylation is 1. The van der Waals surface area contributed by atoms with Gasteiger partial charge in [-0.25, -0.2) is 0 Å². The number of rotatable bonds is 5. The third kappa shape index (κ3) is 2.87. The first-order valence-electron chi connectivity index (χ1n) is 7.52. The van der Waals surface area contributed by atoms with Crippen molar-refractivity contribution in [2.45, 2.75) is 59.1 Å². The number of aliphatic hydroxyl groups excluding tert-OH is 1. The average Bonchev–Trinajstić information content (AvgIpc) is 2.68. The molecular weight excluding hydrogens is 238 g/mol. The summed E-state index contributed by atoms with van der Waals surface area (Å²) in [5.74, 6) is 0.529. The average molecular weight is 265 g/mol. The molecule has 2 unspecified atom stereocenters. The van der Waals surface area contributed by atoms with Crippen LogP contribution in [0.4, 0.5) is 0 Å². The van der Waals surface area contributed by atoms with E-state index in [-0.39, 0.29) is 6.10 Å². The van der Waals surface area contributed by atoms with E-state index in [1.165, 1.54) is 11.4 Å². The third-order valence-electron chi connectivity index (χ3n) is 4.21. The lowest BCUT2D eigenvalue weighted by molar-refractivity contribution is 0.0933. The minimum atomic E-state index is -0.274. The molecule has 0 fully saturated rings. The lowest BCUT2D eigenvalue weighted by Crippen LogP contribution is -2.25. The van der Waals surface area contributed by atoms with E-state index < -0.39 is 0 Å². The normalized spacial score (nSPS) is 20.6. The number of aromatic nitrogens is 1. The van der Waals surface area contributed by atoms with Crippen LogP contribution in [-0.4, -0.2) is 22.9 Å². The molecule has 1 aromatic heterocycles. The molecule has 2 rings (SSSR count).